The van der Waals surface area contributed by atoms with Crippen molar-refractivity contribution in [1.82, 2.24) is 9.88 Å². The minimum absolute atomic E-state index is 0.332. The first kappa shape index (κ1) is 15.8. The number of hydrogen-bond donors (Lipinski definition) is 1. The van der Waals surface area contributed by atoms with Crippen molar-refractivity contribution in [1.29, 1.82) is 0 Å². The number of piperidine rings is 1. The standard InChI is InChI=1S/C20H20N2O3/c23-20(24)16-6-2-1-5-15(16)13-22-11-9-14(10-12-22)19-21-17-7-3-4-8-18(17)25-19/h1-8,14H,9-13H2,(H,23,24). The molecule has 0 aliphatic carbocycles. The van der Waals surface area contributed by atoms with Gasteiger partial charge in [0, 0.05) is 12.5 Å². The van der Waals surface area contributed by atoms with Crippen LogP contribution >= 0.6 is 0 Å². The summed E-state index contributed by atoms with van der Waals surface area (Å²) in [7, 11) is 0. The number of aromatic nitrogens is 1. The van der Waals surface area contributed by atoms with E-state index in [1.165, 1.54) is 0 Å². The second-order valence-electron chi connectivity index (χ2n) is 6.53. The number of rotatable bonds is 4. The highest BCUT2D eigenvalue weighted by Gasteiger charge is 2.25. The first-order chi connectivity index (χ1) is 12.2. The monoisotopic (exact) mass is 336 g/mol. The number of likely N-dealkylation sites (tertiary alicyclic amines) is 1. The maximum atomic E-state index is 11.3. The largest absolute Gasteiger partial charge is 0.478 e. The molecule has 1 aliphatic heterocycles. The lowest BCUT2D eigenvalue weighted by Crippen LogP contribution is -2.33. The molecule has 0 atom stereocenters. The van der Waals surface area contributed by atoms with Gasteiger partial charge in [0.25, 0.3) is 0 Å². The van der Waals surface area contributed by atoms with Gasteiger partial charge in [0.05, 0.1) is 5.56 Å². The molecule has 1 N–H and O–H groups in total. The van der Waals surface area contributed by atoms with E-state index in [1.807, 2.05) is 36.4 Å². The molecule has 0 bridgehead atoms. The Labute approximate surface area is 145 Å². The zero-order valence-electron chi connectivity index (χ0n) is 13.9. The van der Waals surface area contributed by atoms with Gasteiger partial charge in [-0.2, -0.15) is 0 Å². The fraction of sp³-hybridized carbons (Fsp3) is 0.300. The minimum atomic E-state index is -0.864. The summed E-state index contributed by atoms with van der Waals surface area (Å²) in [5.74, 6) is 0.294. The van der Waals surface area contributed by atoms with Gasteiger partial charge in [-0.3, -0.25) is 4.90 Å². The summed E-state index contributed by atoms with van der Waals surface area (Å²) >= 11 is 0. The summed E-state index contributed by atoms with van der Waals surface area (Å²) in [6.07, 6.45) is 1.95. The summed E-state index contributed by atoms with van der Waals surface area (Å²) in [5.41, 5.74) is 3.02. The third-order valence-corrected chi connectivity index (χ3v) is 4.89. The van der Waals surface area contributed by atoms with Crippen LogP contribution in [0.25, 0.3) is 11.1 Å². The zero-order valence-corrected chi connectivity index (χ0v) is 13.9. The Kier molecular flexibility index (Phi) is 4.24. The highest BCUT2D eigenvalue weighted by molar-refractivity contribution is 5.89. The van der Waals surface area contributed by atoms with Crippen LogP contribution in [-0.4, -0.2) is 34.0 Å². The van der Waals surface area contributed by atoms with Gasteiger partial charge in [-0.25, -0.2) is 9.78 Å². The number of benzene rings is 2. The third kappa shape index (κ3) is 3.28. The van der Waals surface area contributed by atoms with Crippen LogP contribution in [0.2, 0.25) is 0 Å². The first-order valence-corrected chi connectivity index (χ1v) is 8.60. The zero-order chi connectivity index (χ0) is 17.2. The van der Waals surface area contributed by atoms with E-state index in [0.717, 1.165) is 48.5 Å². The number of carboxylic acid groups (broad SMARTS) is 1. The van der Waals surface area contributed by atoms with Crippen molar-refractivity contribution in [2.24, 2.45) is 0 Å². The highest BCUT2D eigenvalue weighted by Crippen LogP contribution is 2.30. The predicted molar refractivity (Wildman–Crippen MR) is 94.7 cm³/mol. The molecule has 1 aliphatic rings. The van der Waals surface area contributed by atoms with Crippen molar-refractivity contribution in [3.63, 3.8) is 0 Å². The molecular weight excluding hydrogens is 316 g/mol. The molecule has 4 rings (SSSR count). The molecule has 5 heteroatoms. The smallest absolute Gasteiger partial charge is 0.336 e. The first-order valence-electron chi connectivity index (χ1n) is 8.60. The summed E-state index contributed by atoms with van der Waals surface area (Å²) in [4.78, 5) is 18.3. The molecule has 0 spiro atoms. The van der Waals surface area contributed by atoms with E-state index in [-0.39, 0.29) is 0 Å². The lowest BCUT2D eigenvalue weighted by molar-refractivity contribution is 0.0694. The average Bonchev–Trinajstić information content (AvgIpc) is 3.07. The predicted octanol–water partition coefficient (Wildman–Crippen LogP) is 3.91. The molecule has 1 aromatic heterocycles. The normalized spacial score (nSPS) is 16.3. The molecule has 1 saturated heterocycles. The van der Waals surface area contributed by atoms with E-state index in [0.29, 0.717) is 18.0 Å². The molecule has 2 heterocycles. The van der Waals surface area contributed by atoms with Crippen molar-refractivity contribution in [3.05, 3.63) is 65.5 Å². The van der Waals surface area contributed by atoms with Crippen LogP contribution in [-0.2, 0) is 6.54 Å². The van der Waals surface area contributed by atoms with Crippen molar-refractivity contribution >= 4 is 17.1 Å². The molecule has 0 radical (unpaired) electrons. The number of para-hydroxylation sites is 2. The minimum Gasteiger partial charge on any atom is -0.478 e. The molecule has 0 unspecified atom stereocenters. The summed E-state index contributed by atoms with van der Waals surface area (Å²) < 4.78 is 5.90. The van der Waals surface area contributed by atoms with E-state index < -0.39 is 5.97 Å². The van der Waals surface area contributed by atoms with Gasteiger partial charge in [0.1, 0.15) is 5.52 Å². The van der Waals surface area contributed by atoms with Crippen molar-refractivity contribution in [2.75, 3.05) is 13.1 Å². The Balaban J connectivity index is 1.42. The van der Waals surface area contributed by atoms with Crippen molar-refractivity contribution in [2.45, 2.75) is 25.3 Å². The number of oxazole rings is 1. The Morgan fingerprint density at radius 2 is 1.84 bits per heavy atom. The van der Waals surface area contributed by atoms with Crippen LogP contribution in [0.3, 0.4) is 0 Å². The SMILES string of the molecule is O=C(O)c1ccccc1CN1CCC(c2nc3ccccc3o2)CC1. The molecular formula is C20H20N2O3. The van der Waals surface area contributed by atoms with Gasteiger partial charge in [-0.1, -0.05) is 30.3 Å². The third-order valence-electron chi connectivity index (χ3n) is 4.89. The molecule has 1 fully saturated rings. The highest BCUT2D eigenvalue weighted by atomic mass is 16.4. The van der Waals surface area contributed by atoms with Gasteiger partial charge >= 0.3 is 5.97 Å². The van der Waals surface area contributed by atoms with Gasteiger partial charge in [-0.05, 0) is 49.7 Å². The van der Waals surface area contributed by atoms with Crippen LogP contribution in [0.15, 0.2) is 52.9 Å². The van der Waals surface area contributed by atoms with Crippen LogP contribution in [0.4, 0.5) is 0 Å². The van der Waals surface area contributed by atoms with Crippen LogP contribution in [0.1, 0.15) is 40.6 Å². The average molecular weight is 336 g/mol. The Bertz CT molecular complexity index is 862. The topological polar surface area (TPSA) is 66.6 Å². The molecule has 0 amide bonds. The van der Waals surface area contributed by atoms with Gasteiger partial charge in [-0.15, -0.1) is 0 Å². The summed E-state index contributed by atoms with van der Waals surface area (Å²) in [5, 5.41) is 9.32. The fourth-order valence-electron chi connectivity index (χ4n) is 3.51. The second kappa shape index (κ2) is 6.69. The number of hydrogen-bond acceptors (Lipinski definition) is 4. The number of fused-ring (bicyclic) bond motifs is 1. The number of aromatic carboxylic acids is 1. The number of nitrogens with zero attached hydrogens (tertiary/aromatic N) is 2. The summed E-state index contributed by atoms with van der Waals surface area (Å²) in [6.45, 7) is 2.50. The van der Waals surface area contributed by atoms with Crippen LogP contribution < -0.4 is 0 Å². The van der Waals surface area contributed by atoms with Gasteiger partial charge < -0.3 is 9.52 Å². The van der Waals surface area contributed by atoms with Gasteiger partial charge in [0.2, 0.25) is 0 Å². The Morgan fingerprint density at radius 3 is 2.60 bits per heavy atom. The van der Waals surface area contributed by atoms with E-state index >= 15 is 0 Å². The Hall–Kier alpha value is -2.66. The van der Waals surface area contributed by atoms with Gasteiger partial charge in [0.15, 0.2) is 11.5 Å². The number of carbonyl (C=O) groups is 1. The maximum absolute atomic E-state index is 11.3. The number of carboxylic acids is 1. The lowest BCUT2D eigenvalue weighted by atomic mass is 9.96. The molecule has 0 saturated carbocycles. The van der Waals surface area contributed by atoms with Crippen molar-refractivity contribution < 1.29 is 14.3 Å². The molecule has 25 heavy (non-hydrogen) atoms. The van der Waals surface area contributed by atoms with E-state index in [1.54, 1.807) is 12.1 Å². The second-order valence-corrected chi connectivity index (χ2v) is 6.53. The summed E-state index contributed by atoms with van der Waals surface area (Å²) in [6, 6.07) is 15.1. The van der Waals surface area contributed by atoms with Crippen molar-refractivity contribution in [3.8, 4) is 0 Å². The molecule has 5 nitrogen and oxygen atoms in total. The maximum Gasteiger partial charge on any atom is 0.336 e. The molecule has 128 valence electrons. The quantitative estimate of drug-likeness (QED) is 0.782. The van der Waals surface area contributed by atoms with Crippen LogP contribution in [0, 0.1) is 0 Å². The molecule has 3 aromatic rings. The lowest BCUT2D eigenvalue weighted by Gasteiger charge is -2.30. The Morgan fingerprint density at radius 1 is 1.12 bits per heavy atom. The van der Waals surface area contributed by atoms with E-state index in [2.05, 4.69) is 9.88 Å². The fourth-order valence-corrected chi connectivity index (χ4v) is 3.51. The van der Waals surface area contributed by atoms with Crippen LogP contribution in [0.5, 0.6) is 0 Å². The van der Waals surface area contributed by atoms with E-state index in [4.69, 9.17) is 4.42 Å². The van der Waals surface area contributed by atoms with E-state index in [9.17, 15) is 9.90 Å². The molecule has 2 aromatic carbocycles.